The van der Waals surface area contributed by atoms with Crippen molar-refractivity contribution in [3.63, 3.8) is 0 Å². The van der Waals surface area contributed by atoms with Crippen LogP contribution in [-0.2, 0) is 14.8 Å². The minimum absolute atomic E-state index is 0.113. The first-order valence-corrected chi connectivity index (χ1v) is 17.5. The topological polar surface area (TPSA) is 122 Å². The summed E-state index contributed by atoms with van der Waals surface area (Å²) in [6.45, 7) is 9.46. The van der Waals surface area contributed by atoms with Crippen LogP contribution in [0.25, 0.3) is 0 Å². The van der Waals surface area contributed by atoms with Crippen LogP contribution >= 0.6 is 0 Å². The summed E-state index contributed by atoms with van der Waals surface area (Å²) >= 11 is 0. The van der Waals surface area contributed by atoms with Crippen molar-refractivity contribution >= 4 is 16.1 Å². The summed E-state index contributed by atoms with van der Waals surface area (Å²) in [7, 11) is -2.74. The van der Waals surface area contributed by atoms with Crippen LogP contribution < -0.4 is 9.46 Å². The van der Waals surface area contributed by atoms with E-state index in [1.165, 1.54) is 19.2 Å². The molecule has 0 spiro atoms. The highest BCUT2D eigenvalue weighted by atomic mass is 32.2. The normalized spacial score (nSPS) is 40.3. The summed E-state index contributed by atoms with van der Waals surface area (Å²) in [5, 5.41) is 22.4. The Morgan fingerprint density at radius 2 is 1.74 bits per heavy atom. The Balaban J connectivity index is 1.22. The molecule has 5 rings (SSSR count). The third-order valence-electron chi connectivity index (χ3n) is 12.5. The molecule has 1 aromatic carbocycles. The van der Waals surface area contributed by atoms with Gasteiger partial charge < -0.3 is 19.7 Å². The molecule has 4 aliphatic carbocycles. The van der Waals surface area contributed by atoms with Crippen LogP contribution in [0.4, 0.5) is 4.79 Å². The standard InChI is InChI=1S/C33H51NO7S/c1-6-22-26-19-21(35)13-16-33(26,4)25-14-17-32(3)23(11-12-24(32)29(25)30(22)36)20(2)15-18-41-31(37)34-42(38,39)28-10-8-7-9-27(28)40-5/h7-10,20-26,29-30,35-36H,6,11-19H2,1-5H3,(H,34,37)/t20-,21-,22-,23-,24+,25?,26+,29?,30-,32-,33?/m1/s1. The molecule has 0 aromatic heterocycles. The Kier molecular flexibility index (Phi) is 8.96. The molecule has 0 bridgehead atoms. The second-order valence-electron chi connectivity index (χ2n) is 14.3. The number of sulfonamides is 1. The lowest BCUT2D eigenvalue weighted by Crippen LogP contribution is -2.62. The number of aliphatic hydroxyl groups excluding tert-OH is 2. The lowest BCUT2D eigenvalue weighted by Gasteiger charge is -2.64. The van der Waals surface area contributed by atoms with Crippen LogP contribution in [-0.4, -0.2) is 50.6 Å². The first-order chi connectivity index (χ1) is 19.9. The molecule has 0 saturated heterocycles. The summed E-state index contributed by atoms with van der Waals surface area (Å²) in [5.41, 5.74) is 0.298. The molecular formula is C33H51NO7S. The molecule has 1 amide bonds. The third-order valence-corrected chi connectivity index (χ3v) is 13.9. The van der Waals surface area contributed by atoms with Crippen molar-refractivity contribution in [1.29, 1.82) is 0 Å². The third kappa shape index (κ3) is 5.36. The zero-order valence-electron chi connectivity index (χ0n) is 25.9. The van der Waals surface area contributed by atoms with E-state index in [9.17, 15) is 23.4 Å². The van der Waals surface area contributed by atoms with Crippen LogP contribution in [0.3, 0.4) is 0 Å². The van der Waals surface area contributed by atoms with E-state index in [0.717, 1.165) is 51.4 Å². The lowest BCUT2D eigenvalue weighted by atomic mass is 9.41. The van der Waals surface area contributed by atoms with E-state index in [2.05, 4.69) is 27.7 Å². The second kappa shape index (κ2) is 11.9. The maximum atomic E-state index is 12.7. The predicted molar refractivity (Wildman–Crippen MR) is 160 cm³/mol. The summed E-state index contributed by atoms with van der Waals surface area (Å²) in [4.78, 5) is 12.3. The fourth-order valence-electron chi connectivity index (χ4n) is 10.5. The van der Waals surface area contributed by atoms with Gasteiger partial charge in [-0.1, -0.05) is 46.2 Å². The van der Waals surface area contributed by atoms with E-state index < -0.39 is 16.1 Å². The van der Waals surface area contributed by atoms with Gasteiger partial charge in [0.1, 0.15) is 10.6 Å². The van der Waals surface area contributed by atoms with E-state index in [4.69, 9.17) is 9.47 Å². The van der Waals surface area contributed by atoms with Crippen molar-refractivity contribution in [1.82, 2.24) is 4.72 Å². The molecule has 236 valence electrons. The Morgan fingerprint density at radius 3 is 2.45 bits per heavy atom. The predicted octanol–water partition coefficient (Wildman–Crippen LogP) is 5.76. The molecular weight excluding hydrogens is 554 g/mol. The van der Waals surface area contributed by atoms with Gasteiger partial charge in [-0.15, -0.1) is 0 Å². The van der Waals surface area contributed by atoms with E-state index in [1.54, 1.807) is 12.1 Å². The average molecular weight is 606 g/mol. The molecule has 11 atom stereocenters. The number of hydrogen-bond donors (Lipinski definition) is 3. The Morgan fingerprint density at radius 1 is 1.05 bits per heavy atom. The first-order valence-electron chi connectivity index (χ1n) is 16.1. The second-order valence-corrected chi connectivity index (χ2v) is 15.9. The molecule has 42 heavy (non-hydrogen) atoms. The maximum Gasteiger partial charge on any atom is 0.421 e. The van der Waals surface area contributed by atoms with Gasteiger partial charge in [-0.3, -0.25) is 0 Å². The SMILES string of the molecule is CC[C@H]1[C@@H](O)C2C(CC[C@]3(C)[C@@H]([C@H](C)CCOC(=O)NS(=O)(=O)c4ccccc4OC)CC[C@@H]23)C2(C)CC[C@@H](O)C[C@@H]12. The number of fused-ring (bicyclic) bond motifs is 5. The van der Waals surface area contributed by atoms with Gasteiger partial charge in [0.2, 0.25) is 0 Å². The van der Waals surface area contributed by atoms with Gasteiger partial charge in [0.05, 0.1) is 25.9 Å². The van der Waals surface area contributed by atoms with Gasteiger partial charge in [-0.25, -0.2) is 17.9 Å². The molecule has 0 heterocycles. The summed E-state index contributed by atoms with van der Waals surface area (Å²) < 4.78 is 37.9. The van der Waals surface area contributed by atoms with Crippen molar-refractivity contribution in [2.24, 2.45) is 52.3 Å². The fraction of sp³-hybridized carbons (Fsp3) is 0.788. The number of amides is 1. The van der Waals surface area contributed by atoms with Gasteiger partial charge in [0.25, 0.3) is 10.0 Å². The largest absolute Gasteiger partial charge is 0.495 e. The van der Waals surface area contributed by atoms with Crippen molar-refractivity contribution < 1.29 is 32.9 Å². The van der Waals surface area contributed by atoms with Gasteiger partial charge in [0.15, 0.2) is 0 Å². The molecule has 4 saturated carbocycles. The number of carbonyl (C=O) groups excluding carboxylic acids is 1. The van der Waals surface area contributed by atoms with Gasteiger partial charge >= 0.3 is 6.09 Å². The zero-order valence-corrected chi connectivity index (χ0v) is 26.7. The average Bonchev–Trinajstić information content (AvgIpc) is 3.31. The number of para-hydroxylation sites is 1. The smallest absolute Gasteiger partial charge is 0.421 e. The Bertz CT molecular complexity index is 1240. The van der Waals surface area contributed by atoms with Crippen LogP contribution in [0.5, 0.6) is 5.75 Å². The van der Waals surface area contributed by atoms with Gasteiger partial charge in [-0.05, 0) is 116 Å². The lowest BCUT2D eigenvalue weighted by molar-refractivity contribution is -0.203. The minimum Gasteiger partial charge on any atom is -0.495 e. The van der Waals surface area contributed by atoms with Crippen molar-refractivity contribution in [2.45, 2.75) is 103 Å². The first kappa shape index (κ1) is 31.6. The molecule has 0 radical (unpaired) electrons. The van der Waals surface area contributed by atoms with Crippen LogP contribution in [0.15, 0.2) is 29.2 Å². The number of ether oxygens (including phenoxy) is 2. The number of rotatable bonds is 8. The number of nitrogens with one attached hydrogen (secondary N) is 1. The van der Waals surface area contributed by atoms with E-state index in [0.29, 0.717) is 41.9 Å². The molecule has 0 aliphatic heterocycles. The van der Waals surface area contributed by atoms with Crippen LogP contribution in [0.2, 0.25) is 0 Å². The monoisotopic (exact) mass is 605 g/mol. The fourth-order valence-corrected chi connectivity index (χ4v) is 11.6. The summed E-state index contributed by atoms with van der Waals surface area (Å²) in [6, 6.07) is 6.14. The van der Waals surface area contributed by atoms with E-state index in [-0.39, 0.29) is 46.2 Å². The molecule has 3 unspecified atom stereocenters. The van der Waals surface area contributed by atoms with Crippen molar-refractivity contribution in [2.75, 3.05) is 13.7 Å². The number of benzene rings is 1. The molecule has 9 heteroatoms. The highest BCUT2D eigenvalue weighted by molar-refractivity contribution is 7.90. The van der Waals surface area contributed by atoms with Gasteiger partial charge in [-0.2, -0.15) is 0 Å². The molecule has 3 N–H and O–H groups in total. The summed E-state index contributed by atoms with van der Waals surface area (Å²) in [6.07, 6.45) is 7.29. The number of carbonyl (C=O) groups is 1. The highest BCUT2D eigenvalue weighted by Gasteiger charge is 2.64. The van der Waals surface area contributed by atoms with E-state index >= 15 is 0 Å². The number of hydrogen-bond acceptors (Lipinski definition) is 7. The van der Waals surface area contributed by atoms with Crippen LogP contribution in [0.1, 0.15) is 85.5 Å². The Hall–Kier alpha value is -1.84. The zero-order chi connectivity index (χ0) is 30.4. The van der Waals surface area contributed by atoms with Gasteiger partial charge in [0, 0.05) is 0 Å². The van der Waals surface area contributed by atoms with E-state index in [1.807, 2.05) is 4.72 Å². The molecule has 1 aromatic rings. The quantitative estimate of drug-likeness (QED) is 0.344. The number of aliphatic hydroxyl groups is 2. The Labute approximate surface area is 252 Å². The molecule has 8 nitrogen and oxygen atoms in total. The molecule has 4 aliphatic rings. The minimum atomic E-state index is -4.12. The highest BCUT2D eigenvalue weighted by Crippen LogP contribution is 2.69. The maximum absolute atomic E-state index is 12.7. The van der Waals surface area contributed by atoms with Crippen molar-refractivity contribution in [3.8, 4) is 5.75 Å². The van der Waals surface area contributed by atoms with Crippen molar-refractivity contribution in [3.05, 3.63) is 24.3 Å². The van der Waals surface area contributed by atoms with Crippen LogP contribution in [0, 0.1) is 52.3 Å². The summed E-state index contributed by atoms with van der Waals surface area (Å²) in [5.74, 6) is 2.80. The number of methoxy groups -OCH3 is 1. The molecule has 4 fully saturated rings.